The summed E-state index contributed by atoms with van der Waals surface area (Å²) < 4.78 is 6.84. The number of hydrogen-bond acceptors (Lipinski definition) is 7. The molecule has 11 heteroatoms. The van der Waals surface area contributed by atoms with Gasteiger partial charge in [0.1, 0.15) is 23.8 Å². The van der Waals surface area contributed by atoms with Crippen LogP contribution in [0.5, 0.6) is 0 Å². The van der Waals surface area contributed by atoms with Gasteiger partial charge in [-0.25, -0.2) is 4.98 Å². The maximum Gasteiger partial charge on any atom is 0.305 e. The van der Waals surface area contributed by atoms with Gasteiger partial charge in [-0.15, -0.1) is 0 Å². The Bertz CT molecular complexity index is 1950. The van der Waals surface area contributed by atoms with Crippen molar-refractivity contribution in [2.45, 2.75) is 45.2 Å². The fraction of sp³-hybridized carbons (Fsp3) is 0.200. The number of amides is 2. The topological polar surface area (TPSA) is 161 Å². The second-order valence-corrected chi connectivity index (χ2v) is 10.9. The molecule has 0 aliphatic heterocycles. The minimum atomic E-state index is -1.51. The molecule has 0 saturated heterocycles. The van der Waals surface area contributed by atoms with Crippen molar-refractivity contribution >= 4 is 40.4 Å². The van der Waals surface area contributed by atoms with Gasteiger partial charge in [0.2, 0.25) is 17.6 Å². The van der Waals surface area contributed by atoms with Crippen molar-refractivity contribution in [3.63, 3.8) is 0 Å². The Kier molecular flexibility index (Phi) is 9.81. The van der Waals surface area contributed by atoms with Gasteiger partial charge in [0.05, 0.1) is 6.42 Å². The summed E-state index contributed by atoms with van der Waals surface area (Å²) in [7, 11) is 0. The summed E-state index contributed by atoms with van der Waals surface area (Å²) in [6.07, 6.45) is 0.189. The molecule has 3 aromatic carbocycles. The van der Waals surface area contributed by atoms with Gasteiger partial charge in [-0.3, -0.25) is 24.0 Å². The van der Waals surface area contributed by atoms with Gasteiger partial charge in [0, 0.05) is 18.5 Å². The van der Waals surface area contributed by atoms with Crippen LogP contribution in [-0.4, -0.2) is 44.3 Å². The van der Waals surface area contributed by atoms with Gasteiger partial charge in [0.15, 0.2) is 5.58 Å². The summed E-state index contributed by atoms with van der Waals surface area (Å²) in [5, 5.41) is 14.6. The van der Waals surface area contributed by atoms with Crippen molar-refractivity contribution in [2.75, 3.05) is 5.32 Å². The highest BCUT2D eigenvalue weighted by Crippen LogP contribution is 2.21. The molecule has 0 aliphatic rings. The van der Waals surface area contributed by atoms with Crippen molar-refractivity contribution in [1.82, 2.24) is 14.9 Å². The number of aromatic nitrogens is 2. The zero-order valence-corrected chi connectivity index (χ0v) is 25.1. The van der Waals surface area contributed by atoms with E-state index in [0.717, 1.165) is 16.7 Å². The lowest BCUT2D eigenvalue weighted by Gasteiger charge is -2.18. The number of Topliss-reactive ketones (excluding diaryl/α,β-unsaturated/α-hetero) is 1. The Morgan fingerprint density at radius 1 is 0.870 bits per heavy atom. The lowest BCUT2D eigenvalue weighted by atomic mass is 10.1. The molecular formula is C35H32N4O7. The van der Waals surface area contributed by atoms with Crippen LogP contribution in [0.2, 0.25) is 0 Å². The molecule has 0 fully saturated rings. The largest absolute Gasteiger partial charge is 0.481 e. The normalized spacial score (nSPS) is 11.6. The molecule has 46 heavy (non-hydrogen) atoms. The van der Waals surface area contributed by atoms with Crippen molar-refractivity contribution in [1.29, 1.82) is 0 Å². The van der Waals surface area contributed by atoms with Gasteiger partial charge in [-0.1, -0.05) is 72.8 Å². The van der Waals surface area contributed by atoms with Crippen LogP contribution >= 0.6 is 0 Å². The zero-order valence-electron chi connectivity index (χ0n) is 25.1. The highest BCUT2D eigenvalue weighted by molar-refractivity contribution is 6.01. The lowest BCUT2D eigenvalue weighted by Crippen LogP contribution is -2.45. The molecule has 11 nitrogen and oxygen atoms in total. The van der Waals surface area contributed by atoms with E-state index in [-0.39, 0.29) is 23.9 Å². The average Bonchev–Trinajstić information content (AvgIpc) is 3.49. The molecule has 234 valence electrons. The number of nitrogens with zero attached hydrogens (tertiary/aromatic N) is 2. The van der Waals surface area contributed by atoms with E-state index in [0.29, 0.717) is 29.6 Å². The Labute approximate surface area is 263 Å². The van der Waals surface area contributed by atoms with Gasteiger partial charge in [0.25, 0.3) is 11.4 Å². The summed E-state index contributed by atoms with van der Waals surface area (Å²) in [4.78, 5) is 68.9. The number of carbonyl (C=O) groups is 4. The van der Waals surface area contributed by atoms with Crippen LogP contribution < -0.4 is 16.2 Å². The SMILES string of the molecule is Cc1cccc2nc(C(=O)C(CC(=O)O)NC(=O)Cn3c(Cc4ccccc4)ccc(NC(=O)CCc4ccccc4)c3=O)oc12. The molecule has 2 aromatic heterocycles. The predicted molar refractivity (Wildman–Crippen MR) is 171 cm³/mol. The molecular weight excluding hydrogens is 588 g/mol. The monoisotopic (exact) mass is 620 g/mol. The number of carboxylic acid groups (broad SMARTS) is 1. The Balaban J connectivity index is 1.38. The smallest absolute Gasteiger partial charge is 0.305 e. The predicted octanol–water partition coefficient (Wildman–Crippen LogP) is 4.30. The minimum absolute atomic E-state index is 0.0114. The van der Waals surface area contributed by atoms with E-state index in [9.17, 15) is 29.1 Å². The quantitative estimate of drug-likeness (QED) is 0.164. The molecule has 1 unspecified atom stereocenters. The standard InChI is InChI=1S/C35H32N4O7/c1-22-9-8-14-26-33(22)46-34(38-26)32(44)28(20-31(42)43)37-30(41)21-39-25(19-24-12-6-3-7-13-24)16-17-27(35(39)45)36-29(40)18-15-23-10-4-2-5-11-23/h2-14,16-17,28H,15,18-21H2,1H3,(H,36,40)(H,37,41)(H,42,43). The fourth-order valence-corrected chi connectivity index (χ4v) is 5.07. The van der Waals surface area contributed by atoms with Crippen LogP contribution in [-0.2, 0) is 33.8 Å². The number of para-hydroxylation sites is 1. The number of anilines is 1. The summed E-state index contributed by atoms with van der Waals surface area (Å²) in [6.45, 7) is 1.24. The molecule has 1 atom stereocenters. The molecule has 0 saturated carbocycles. The number of ketones is 1. The summed E-state index contributed by atoms with van der Waals surface area (Å²) in [5.74, 6) is -3.63. The molecule has 0 spiro atoms. The lowest BCUT2D eigenvalue weighted by molar-refractivity contribution is -0.137. The maximum absolute atomic E-state index is 13.7. The Hall–Kier alpha value is -5.84. The number of oxazole rings is 1. The summed E-state index contributed by atoms with van der Waals surface area (Å²) >= 11 is 0. The fourth-order valence-electron chi connectivity index (χ4n) is 5.07. The highest BCUT2D eigenvalue weighted by atomic mass is 16.4. The first-order chi connectivity index (χ1) is 22.2. The van der Waals surface area contributed by atoms with Crippen LogP contribution in [0.4, 0.5) is 5.69 Å². The number of aliphatic carboxylic acids is 1. The number of pyridine rings is 1. The van der Waals surface area contributed by atoms with E-state index in [2.05, 4.69) is 15.6 Å². The van der Waals surface area contributed by atoms with Crippen LogP contribution in [0.15, 0.2) is 100 Å². The third kappa shape index (κ3) is 7.81. The second-order valence-electron chi connectivity index (χ2n) is 10.9. The first-order valence-electron chi connectivity index (χ1n) is 14.7. The van der Waals surface area contributed by atoms with Crippen LogP contribution in [0.25, 0.3) is 11.1 Å². The number of aryl methyl sites for hydroxylation is 2. The number of carboxylic acids is 1. The molecule has 0 radical (unpaired) electrons. The molecule has 2 heterocycles. The molecule has 3 N–H and O–H groups in total. The number of nitrogens with one attached hydrogen (secondary N) is 2. The van der Waals surface area contributed by atoms with Gasteiger partial charge >= 0.3 is 5.97 Å². The van der Waals surface area contributed by atoms with Gasteiger partial charge in [-0.2, -0.15) is 0 Å². The van der Waals surface area contributed by atoms with E-state index < -0.39 is 42.2 Å². The first kappa shape index (κ1) is 31.6. The molecule has 0 aliphatic carbocycles. The van der Waals surface area contributed by atoms with Crippen LogP contribution in [0.3, 0.4) is 0 Å². The second kappa shape index (κ2) is 14.3. The van der Waals surface area contributed by atoms with Gasteiger partial charge < -0.3 is 24.7 Å². The van der Waals surface area contributed by atoms with Crippen molar-refractivity contribution < 1.29 is 28.7 Å². The molecule has 2 amide bonds. The van der Waals surface area contributed by atoms with Gasteiger partial charge in [-0.05, 0) is 48.2 Å². The highest BCUT2D eigenvalue weighted by Gasteiger charge is 2.29. The van der Waals surface area contributed by atoms with E-state index in [1.54, 1.807) is 31.2 Å². The number of rotatable bonds is 13. The van der Waals surface area contributed by atoms with Crippen LogP contribution in [0.1, 0.15) is 45.9 Å². The number of fused-ring (bicyclic) bond motifs is 1. The number of hydrogen-bond donors (Lipinski definition) is 3. The average molecular weight is 621 g/mol. The molecule has 0 bridgehead atoms. The molecule has 5 rings (SSSR count). The third-order valence-electron chi connectivity index (χ3n) is 7.41. The summed E-state index contributed by atoms with van der Waals surface area (Å²) in [6, 6.07) is 25.6. The van der Waals surface area contributed by atoms with Crippen molar-refractivity contribution in [3.05, 3.63) is 130 Å². The minimum Gasteiger partial charge on any atom is -0.481 e. The Morgan fingerprint density at radius 3 is 2.24 bits per heavy atom. The Morgan fingerprint density at radius 2 is 1.57 bits per heavy atom. The number of benzene rings is 3. The van der Waals surface area contributed by atoms with Crippen molar-refractivity contribution in [2.24, 2.45) is 0 Å². The van der Waals surface area contributed by atoms with E-state index in [4.69, 9.17) is 4.42 Å². The molecule has 5 aromatic rings. The van der Waals surface area contributed by atoms with Crippen molar-refractivity contribution in [3.8, 4) is 0 Å². The first-order valence-corrected chi connectivity index (χ1v) is 14.7. The van der Waals surface area contributed by atoms with E-state index in [1.807, 2.05) is 60.7 Å². The summed E-state index contributed by atoms with van der Waals surface area (Å²) in [5.41, 5.74) is 3.23. The third-order valence-corrected chi connectivity index (χ3v) is 7.41. The van der Waals surface area contributed by atoms with Crippen LogP contribution in [0, 0.1) is 6.92 Å². The maximum atomic E-state index is 13.7. The zero-order chi connectivity index (χ0) is 32.6. The van der Waals surface area contributed by atoms with E-state index in [1.165, 1.54) is 10.6 Å². The van der Waals surface area contributed by atoms with E-state index >= 15 is 0 Å². The number of carbonyl (C=O) groups excluding carboxylic acids is 3.